The van der Waals surface area contributed by atoms with Crippen molar-refractivity contribution in [2.45, 2.75) is 335 Å². The molecule has 1 unspecified atom stereocenters. The van der Waals surface area contributed by atoms with Gasteiger partial charge in [-0.05, 0) is 83.5 Å². The van der Waals surface area contributed by atoms with Gasteiger partial charge >= 0.3 is 17.9 Å². The largest absolute Gasteiger partial charge is 0.462 e. The molecule has 0 amide bonds. The van der Waals surface area contributed by atoms with Gasteiger partial charge in [-0.25, -0.2) is 0 Å². The van der Waals surface area contributed by atoms with Gasteiger partial charge in [-0.1, -0.05) is 287 Å². The van der Waals surface area contributed by atoms with Crippen molar-refractivity contribution in [2.24, 2.45) is 0 Å². The number of carbonyl (C=O) groups is 3. The second-order valence-electron chi connectivity index (χ2n) is 21.3. The minimum absolute atomic E-state index is 0.0776. The average molecular weight is 1020 g/mol. The van der Waals surface area contributed by atoms with Gasteiger partial charge in [0.2, 0.25) is 0 Å². The molecule has 0 spiro atoms. The minimum atomic E-state index is -0.781. The van der Waals surface area contributed by atoms with Gasteiger partial charge in [0.25, 0.3) is 0 Å². The molecular weight excluding hydrogens is 901 g/mol. The van der Waals surface area contributed by atoms with Crippen LogP contribution in [0.4, 0.5) is 0 Å². The van der Waals surface area contributed by atoms with E-state index in [4.69, 9.17) is 14.2 Å². The maximum Gasteiger partial charge on any atom is 0.306 e. The van der Waals surface area contributed by atoms with Crippen LogP contribution in [0.15, 0.2) is 60.8 Å². The molecule has 1 atom stereocenters. The third-order valence-electron chi connectivity index (χ3n) is 14.0. The molecule has 0 radical (unpaired) electrons. The summed E-state index contributed by atoms with van der Waals surface area (Å²) in [6.45, 7) is 6.54. The van der Waals surface area contributed by atoms with Crippen LogP contribution in [0.3, 0.4) is 0 Å². The summed E-state index contributed by atoms with van der Waals surface area (Å²) in [5.41, 5.74) is 0. The van der Waals surface area contributed by atoms with E-state index in [9.17, 15) is 14.4 Å². The van der Waals surface area contributed by atoms with E-state index >= 15 is 0 Å². The van der Waals surface area contributed by atoms with E-state index < -0.39 is 6.10 Å². The summed E-state index contributed by atoms with van der Waals surface area (Å²) in [5.74, 6) is -0.878. The van der Waals surface area contributed by atoms with Crippen LogP contribution in [0.25, 0.3) is 0 Å². The van der Waals surface area contributed by atoms with Gasteiger partial charge in [0, 0.05) is 19.3 Å². The Balaban J connectivity index is 4.22. The molecular formula is C67H120O6. The highest BCUT2D eigenvalue weighted by atomic mass is 16.6. The van der Waals surface area contributed by atoms with Gasteiger partial charge in [-0.15, -0.1) is 0 Å². The molecule has 0 aromatic heterocycles. The molecule has 0 aromatic carbocycles. The SMILES string of the molecule is CC/C=C\C/C=C\C/C=C\CCCCCCCC(=O)OC(COC(=O)CCCCCCCCCCCCCCC)COC(=O)CCCCCCCCCCCCCCCCC/C=C\C/C=C\CCCCCCC. The monoisotopic (exact) mass is 1020 g/mol. The Bertz CT molecular complexity index is 1310. The van der Waals surface area contributed by atoms with E-state index in [1.54, 1.807) is 0 Å². The molecule has 0 aliphatic carbocycles. The van der Waals surface area contributed by atoms with Crippen LogP contribution in [-0.2, 0) is 28.6 Å². The van der Waals surface area contributed by atoms with Crippen molar-refractivity contribution in [2.75, 3.05) is 13.2 Å². The Morgan fingerprint density at radius 1 is 0.288 bits per heavy atom. The van der Waals surface area contributed by atoms with E-state index in [1.165, 1.54) is 186 Å². The molecule has 6 nitrogen and oxygen atoms in total. The van der Waals surface area contributed by atoms with E-state index in [1.807, 2.05) is 0 Å². The Hall–Kier alpha value is -2.89. The summed E-state index contributed by atoms with van der Waals surface area (Å²) in [4.78, 5) is 38.2. The number of hydrogen-bond acceptors (Lipinski definition) is 6. The Kier molecular flexibility index (Phi) is 59.2. The van der Waals surface area contributed by atoms with Gasteiger partial charge in [0.15, 0.2) is 6.10 Å². The first-order valence-corrected chi connectivity index (χ1v) is 31.8. The second-order valence-corrected chi connectivity index (χ2v) is 21.3. The fourth-order valence-electron chi connectivity index (χ4n) is 9.25. The number of carbonyl (C=O) groups excluding carboxylic acids is 3. The summed E-state index contributed by atoms with van der Waals surface area (Å²) in [6.07, 6.45) is 78.0. The van der Waals surface area contributed by atoms with E-state index in [2.05, 4.69) is 81.5 Å². The third-order valence-corrected chi connectivity index (χ3v) is 14.0. The van der Waals surface area contributed by atoms with Crippen molar-refractivity contribution < 1.29 is 28.6 Å². The highest BCUT2D eigenvalue weighted by Crippen LogP contribution is 2.17. The molecule has 0 N–H and O–H groups in total. The summed E-state index contributed by atoms with van der Waals surface area (Å²) in [5, 5.41) is 0. The Labute approximate surface area is 453 Å². The minimum Gasteiger partial charge on any atom is -0.462 e. The predicted molar refractivity (Wildman–Crippen MR) is 316 cm³/mol. The van der Waals surface area contributed by atoms with Crippen LogP contribution in [0, 0.1) is 0 Å². The molecule has 424 valence electrons. The smallest absolute Gasteiger partial charge is 0.306 e. The first-order chi connectivity index (χ1) is 36.0. The normalized spacial score (nSPS) is 12.4. The lowest BCUT2D eigenvalue weighted by Crippen LogP contribution is -2.30. The lowest BCUT2D eigenvalue weighted by atomic mass is 10.0. The van der Waals surface area contributed by atoms with Crippen molar-refractivity contribution >= 4 is 17.9 Å². The number of ether oxygens (including phenoxy) is 3. The lowest BCUT2D eigenvalue weighted by Gasteiger charge is -2.18. The van der Waals surface area contributed by atoms with Gasteiger partial charge < -0.3 is 14.2 Å². The number of hydrogen-bond donors (Lipinski definition) is 0. The van der Waals surface area contributed by atoms with Crippen molar-refractivity contribution in [1.29, 1.82) is 0 Å². The number of allylic oxidation sites excluding steroid dienone is 10. The number of esters is 3. The molecule has 0 aromatic rings. The van der Waals surface area contributed by atoms with Gasteiger partial charge in [0.05, 0.1) is 0 Å². The summed E-state index contributed by atoms with van der Waals surface area (Å²) < 4.78 is 16.9. The zero-order chi connectivity index (χ0) is 52.9. The van der Waals surface area contributed by atoms with E-state index in [0.717, 1.165) is 103 Å². The first-order valence-electron chi connectivity index (χ1n) is 31.8. The third kappa shape index (κ3) is 59.9. The molecule has 0 rings (SSSR count). The molecule has 0 aliphatic rings. The summed E-state index contributed by atoms with van der Waals surface area (Å²) in [6, 6.07) is 0. The fourth-order valence-corrected chi connectivity index (χ4v) is 9.25. The standard InChI is InChI=1S/C67H120O6/c1-4-7-10-13-16-19-22-25-27-28-29-30-31-32-33-34-35-36-37-38-40-42-45-48-51-54-57-60-66(69)72-63-64(62-71-65(68)59-56-53-50-47-44-41-24-21-18-15-12-9-6-3)73-67(70)61-58-55-52-49-46-43-39-26-23-20-17-14-11-8-5-2/h8,11,17,20,22,25-26,28-29,39,64H,4-7,9-10,12-16,18-19,21,23-24,27,30-38,40-63H2,1-3H3/b11-8-,20-17-,25-22-,29-28-,39-26-. The molecule has 0 saturated carbocycles. The van der Waals surface area contributed by atoms with Crippen LogP contribution in [0.1, 0.15) is 329 Å². The van der Waals surface area contributed by atoms with Crippen LogP contribution in [-0.4, -0.2) is 37.2 Å². The second kappa shape index (κ2) is 61.7. The maximum atomic E-state index is 12.9. The van der Waals surface area contributed by atoms with E-state index in [-0.39, 0.29) is 31.1 Å². The van der Waals surface area contributed by atoms with Crippen molar-refractivity contribution in [1.82, 2.24) is 0 Å². The Morgan fingerprint density at radius 2 is 0.534 bits per heavy atom. The van der Waals surface area contributed by atoms with Crippen LogP contribution in [0.2, 0.25) is 0 Å². The lowest BCUT2D eigenvalue weighted by molar-refractivity contribution is -0.167. The molecule has 0 saturated heterocycles. The Morgan fingerprint density at radius 3 is 0.836 bits per heavy atom. The molecule has 73 heavy (non-hydrogen) atoms. The number of unbranched alkanes of at least 4 members (excludes halogenated alkanes) is 37. The summed E-state index contributed by atoms with van der Waals surface area (Å²) >= 11 is 0. The molecule has 0 bridgehead atoms. The highest BCUT2D eigenvalue weighted by molar-refractivity contribution is 5.71. The first kappa shape index (κ1) is 70.1. The average Bonchev–Trinajstić information content (AvgIpc) is 3.39. The highest BCUT2D eigenvalue weighted by Gasteiger charge is 2.19. The molecule has 0 fully saturated rings. The van der Waals surface area contributed by atoms with Gasteiger partial charge in [-0.2, -0.15) is 0 Å². The fraction of sp³-hybridized carbons (Fsp3) is 0.806. The van der Waals surface area contributed by atoms with Crippen LogP contribution < -0.4 is 0 Å². The predicted octanol–water partition coefficient (Wildman–Crippen LogP) is 21.6. The zero-order valence-corrected chi connectivity index (χ0v) is 48.7. The van der Waals surface area contributed by atoms with Crippen molar-refractivity contribution in [3.05, 3.63) is 60.8 Å². The molecule has 0 heterocycles. The van der Waals surface area contributed by atoms with Crippen molar-refractivity contribution in [3.63, 3.8) is 0 Å². The summed E-state index contributed by atoms with van der Waals surface area (Å²) in [7, 11) is 0. The van der Waals surface area contributed by atoms with Crippen LogP contribution >= 0.6 is 0 Å². The van der Waals surface area contributed by atoms with Crippen molar-refractivity contribution in [3.8, 4) is 0 Å². The molecule has 6 heteroatoms. The quantitative estimate of drug-likeness (QED) is 0.0261. The number of rotatable bonds is 58. The molecule has 0 aliphatic heterocycles. The van der Waals surface area contributed by atoms with E-state index in [0.29, 0.717) is 19.3 Å². The maximum absolute atomic E-state index is 12.9. The topological polar surface area (TPSA) is 78.9 Å². The van der Waals surface area contributed by atoms with Gasteiger partial charge in [-0.3, -0.25) is 14.4 Å². The van der Waals surface area contributed by atoms with Crippen LogP contribution in [0.5, 0.6) is 0 Å². The van der Waals surface area contributed by atoms with Gasteiger partial charge in [0.1, 0.15) is 13.2 Å². The zero-order valence-electron chi connectivity index (χ0n) is 48.7.